The normalized spacial score (nSPS) is 11.1. The zero-order valence-corrected chi connectivity index (χ0v) is 17.0. The molecule has 0 saturated carbocycles. The van der Waals surface area contributed by atoms with Crippen LogP contribution < -0.4 is 9.62 Å². The maximum Gasteiger partial charge on any atom is 0.337 e. The second-order valence-electron chi connectivity index (χ2n) is 6.75. The SMILES string of the molecule is Cc1ccccc1S(=O)(=O)Nc1ccc(N(C)Cc2ccccc2)c(C(=O)O)c1. The first-order valence-electron chi connectivity index (χ1n) is 8.99. The number of aromatic carboxylic acids is 1. The van der Waals surface area contributed by atoms with Crippen molar-refractivity contribution in [2.45, 2.75) is 18.4 Å². The largest absolute Gasteiger partial charge is 0.478 e. The van der Waals surface area contributed by atoms with Gasteiger partial charge < -0.3 is 10.0 Å². The number of carboxylic acid groups (broad SMARTS) is 1. The molecule has 0 spiro atoms. The van der Waals surface area contributed by atoms with Crippen LogP contribution in [0.4, 0.5) is 11.4 Å². The van der Waals surface area contributed by atoms with Gasteiger partial charge in [-0.25, -0.2) is 13.2 Å². The van der Waals surface area contributed by atoms with Gasteiger partial charge in [0.15, 0.2) is 0 Å². The third-order valence-corrected chi connectivity index (χ3v) is 6.08. The third kappa shape index (κ3) is 4.75. The molecular formula is C22H22N2O4S. The van der Waals surface area contributed by atoms with Crippen LogP contribution in [0.15, 0.2) is 77.7 Å². The smallest absolute Gasteiger partial charge is 0.337 e. The summed E-state index contributed by atoms with van der Waals surface area (Å²) in [6.07, 6.45) is 0. The summed E-state index contributed by atoms with van der Waals surface area (Å²) in [5, 5.41) is 9.66. The van der Waals surface area contributed by atoms with Gasteiger partial charge in [0.25, 0.3) is 10.0 Å². The second kappa shape index (κ2) is 8.36. The number of rotatable bonds is 7. The molecule has 0 aliphatic heterocycles. The minimum absolute atomic E-state index is 0.0217. The van der Waals surface area contributed by atoms with Crippen molar-refractivity contribution in [3.8, 4) is 0 Å². The molecule has 0 aliphatic carbocycles. The highest BCUT2D eigenvalue weighted by Gasteiger charge is 2.19. The van der Waals surface area contributed by atoms with Crippen molar-refractivity contribution in [1.82, 2.24) is 0 Å². The number of hydrogen-bond donors (Lipinski definition) is 2. The molecule has 0 radical (unpaired) electrons. The molecule has 6 nitrogen and oxygen atoms in total. The van der Waals surface area contributed by atoms with Crippen molar-refractivity contribution in [3.05, 3.63) is 89.5 Å². The van der Waals surface area contributed by atoms with Crippen LogP contribution in [0.25, 0.3) is 0 Å². The summed E-state index contributed by atoms with van der Waals surface area (Å²) >= 11 is 0. The number of carboxylic acids is 1. The van der Waals surface area contributed by atoms with Gasteiger partial charge in [0.05, 0.1) is 16.1 Å². The van der Waals surface area contributed by atoms with E-state index in [1.54, 1.807) is 44.3 Å². The van der Waals surface area contributed by atoms with Crippen molar-refractivity contribution >= 4 is 27.4 Å². The molecule has 0 amide bonds. The van der Waals surface area contributed by atoms with Crippen molar-refractivity contribution in [1.29, 1.82) is 0 Å². The molecule has 150 valence electrons. The maximum atomic E-state index is 12.7. The molecular weight excluding hydrogens is 388 g/mol. The first-order valence-corrected chi connectivity index (χ1v) is 10.5. The van der Waals surface area contributed by atoms with Crippen LogP contribution in [-0.4, -0.2) is 26.5 Å². The molecule has 29 heavy (non-hydrogen) atoms. The van der Waals surface area contributed by atoms with E-state index in [1.807, 2.05) is 35.2 Å². The molecule has 0 heterocycles. The van der Waals surface area contributed by atoms with Gasteiger partial charge in [0.1, 0.15) is 0 Å². The zero-order chi connectivity index (χ0) is 21.0. The van der Waals surface area contributed by atoms with E-state index in [9.17, 15) is 18.3 Å². The van der Waals surface area contributed by atoms with Crippen LogP contribution in [0.3, 0.4) is 0 Å². The fourth-order valence-electron chi connectivity index (χ4n) is 3.11. The third-order valence-electron chi connectivity index (χ3n) is 4.54. The lowest BCUT2D eigenvalue weighted by molar-refractivity contribution is 0.0697. The molecule has 0 saturated heterocycles. The Morgan fingerprint density at radius 3 is 2.31 bits per heavy atom. The standard InChI is InChI=1S/C22H22N2O4S/c1-16-8-6-7-11-21(16)29(27,28)23-18-12-13-20(19(14-18)22(25)26)24(2)15-17-9-4-3-5-10-17/h3-14,23H,15H2,1-2H3,(H,25,26). The number of hydrogen-bond acceptors (Lipinski definition) is 4. The molecule has 0 aromatic heterocycles. The van der Waals surface area contributed by atoms with E-state index in [0.717, 1.165) is 5.56 Å². The first kappa shape index (κ1) is 20.4. The summed E-state index contributed by atoms with van der Waals surface area (Å²) in [7, 11) is -2.03. The van der Waals surface area contributed by atoms with Gasteiger partial charge in [0.2, 0.25) is 0 Å². The Hall–Kier alpha value is -3.32. The first-order chi connectivity index (χ1) is 13.8. The average Bonchev–Trinajstić information content (AvgIpc) is 2.68. The van der Waals surface area contributed by atoms with E-state index in [-0.39, 0.29) is 16.1 Å². The van der Waals surface area contributed by atoms with Crippen LogP contribution in [0.1, 0.15) is 21.5 Å². The molecule has 2 N–H and O–H groups in total. The van der Waals surface area contributed by atoms with Crippen molar-refractivity contribution in [2.75, 3.05) is 16.7 Å². The van der Waals surface area contributed by atoms with E-state index in [1.165, 1.54) is 12.1 Å². The molecule has 0 bridgehead atoms. The molecule has 0 aliphatic rings. The zero-order valence-electron chi connectivity index (χ0n) is 16.2. The average molecular weight is 410 g/mol. The summed E-state index contributed by atoms with van der Waals surface area (Å²) in [6, 6.07) is 20.8. The van der Waals surface area contributed by atoms with E-state index < -0.39 is 16.0 Å². The van der Waals surface area contributed by atoms with E-state index in [2.05, 4.69) is 4.72 Å². The monoisotopic (exact) mass is 410 g/mol. The number of benzene rings is 3. The van der Waals surface area contributed by atoms with Gasteiger partial charge in [0, 0.05) is 19.3 Å². The molecule has 3 rings (SSSR count). The molecule has 7 heteroatoms. The molecule has 0 fully saturated rings. The van der Waals surface area contributed by atoms with Gasteiger partial charge in [-0.05, 0) is 42.3 Å². The van der Waals surface area contributed by atoms with Crippen molar-refractivity contribution < 1.29 is 18.3 Å². The van der Waals surface area contributed by atoms with Crippen molar-refractivity contribution in [2.24, 2.45) is 0 Å². The van der Waals surface area contributed by atoms with Crippen LogP contribution in [0.5, 0.6) is 0 Å². The van der Waals surface area contributed by atoms with Gasteiger partial charge in [-0.3, -0.25) is 4.72 Å². The Labute approximate surface area is 170 Å². The van der Waals surface area contributed by atoms with Crippen molar-refractivity contribution in [3.63, 3.8) is 0 Å². The summed E-state index contributed by atoms with van der Waals surface area (Å²) < 4.78 is 27.9. The maximum absolute atomic E-state index is 12.7. The van der Waals surface area contributed by atoms with Gasteiger partial charge in [-0.15, -0.1) is 0 Å². The lowest BCUT2D eigenvalue weighted by atomic mass is 10.1. The van der Waals surface area contributed by atoms with Crippen LogP contribution in [0, 0.1) is 6.92 Å². The highest BCUT2D eigenvalue weighted by molar-refractivity contribution is 7.92. The lowest BCUT2D eigenvalue weighted by Gasteiger charge is -2.22. The van der Waals surface area contributed by atoms with Crippen LogP contribution in [-0.2, 0) is 16.6 Å². The van der Waals surface area contributed by atoms with Crippen LogP contribution >= 0.6 is 0 Å². The Balaban J connectivity index is 1.90. The van der Waals surface area contributed by atoms with Gasteiger partial charge in [-0.1, -0.05) is 48.5 Å². The Morgan fingerprint density at radius 1 is 1.00 bits per heavy atom. The van der Waals surface area contributed by atoms with E-state index in [0.29, 0.717) is 17.8 Å². The highest BCUT2D eigenvalue weighted by Crippen LogP contribution is 2.27. The predicted octanol–water partition coefficient (Wildman–Crippen LogP) is 4.13. The minimum atomic E-state index is -3.82. The van der Waals surface area contributed by atoms with E-state index >= 15 is 0 Å². The van der Waals surface area contributed by atoms with Crippen LogP contribution in [0.2, 0.25) is 0 Å². The Morgan fingerprint density at radius 2 is 1.66 bits per heavy atom. The lowest BCUT2D eigenvalue weighted by Crippen LogP contribution is -2.20. The Kier molecular flexibility index (Phi) is 5.89. The van der Waals surface area contributed by atoms with E-state index in [4.69, 9.17) is 0 Å². The number of sulfonamides is 1. The predicted molar refractivity (Wildman–Crippen MR) is 114 cm³/mol. The minimum Gasteiger partial charge on any atom is -0.478 e. The summed E-state index contributed by atoms with van der Waals surface area (Å²) in [6.45, 7) is 2.23. The number of anilines is 2. The summed E-state index contributed by atoms with van der Waals surface area (Å²) in [5.41, 5.74) is 2.37. The van der Waals surface area contributed by atoms with Gasteiger partial charge >= 0.3 is 5.97 Å². The molecule has 3 aromatic carbocycles. The molecule has 3 aromatic rings. The fraction of sp³-hybridized carbons (Fsp3) is 0.136. The summed E-state index contributed by atoms with van der Waals surface area (Å²) in [5.74, 6) is -1.13. The molecule has 0 atom stereocenters. The highest BCUT2D eigenvalue weighted by atomic mass is 32.2. The second-order valence-corrected chi connectivity index (χ2v) is 8.40. The topological polar surface area (TPSA) is 86.7 Å². The molecule has 0 unspecified atom stereocenters. The quantitative estimate of drug-likeness (QED) is 0.612. The number of aryl methyl sites for hydroxylation is 1. The Bertz CT molecular complexity index is 1130. The number of carbonyl (C=O) groups is 1. The fourth-order valence-corrected chi connectivity index (χ4v) is 4.41. The number of nitrogens with zero attached hydrogens (tertiary/aromatic N) is 1. The number of nitrogens with one attached hydrogen (secondary N) is 1. The van der Waals surface area contributed by atoms with Gasteiger partial charge in [-0.2, -0.15) is 0 Å². The summed E-state index contributed by atoms with van der Waals surface area (Å²) in [4.78, 5) is 13.8.